The fourth-order valence-electron chi connectivity index (χ4n) is 4.06. The van der Waals surface area contributed by atoms with Gasteiger partial charge in [0.1, 0.15) is 0 Å². The van der Waals surface area contributed by atoms with Crippen LogP contribution in [0.25, 0.3) is 0 Å². The molecule has 3 rings (SSSR count). The molecule has 1 amide bonds. The predicted octanol–water partition coefficient (Wildman–Crippen LogP) is 3.52. The van der Waals surface area contributed by atoms with Crippen LogP contribution in [0.4, 0.5) is 5.69 Å². The maximum atomic E-state index is 13.5. The van der Waals surface area contributed by atoms with E-state index in [0.29, 0.717) is 24.1 Å². The first-order valence-corrected chi connectivity index (χ1v) is 14.2. The molecule has 1 saturated carbocycles. The van der Waals surface area contributed by atoms with E-state index in [0.717, 1.165) is 29.1 Å². The topological polar surface area (TPSA) is 104 Å². The van der Waals surface area contributed by atoms with Crippen LogP contribution < -0.4 is 5.32 Å². The molecule has 0 aromatic heterocycles. The Balaban J connectivity index is 1.89. The fourth-order valence-corrected chi connectivity index (χ4v) is 6.63. The average Bonchev–Trinajstić information content (AvgIpc) is 2.79. The minimum Gasteiger partial charge on any atom is -0.325 e. The third-order valence-corrected chi connectivity index (χ3v) is 9.89. The van der Waals surface area contributed by atoms with Crippen LogP contribution in [-0.4, -0.2) is 58.0 Å². The normalized spacial score (nSPS) is 15.6. The molecular weight excluding hydrogens is 474 g/mol. The van der Waals surface area contributed by atoms with Crippen molar-refractivity contribution in [1.29, 1.82) is 0 Å². The van der Waals surface area contributed by atoms with E-state index in [-0.39, 0.29) is 22.4 Å². The maximum absolute atomic E-state index is 13.5. The first-order valence-electron chi connectivity index (χ1n) is 11.3. The number of sulfonamides is 2. The van der Waals surface area contributed by atoms with E-state index in [1.165, 1.54) is 30.5 Å². The van der Waals surface area contributed by atoms with Gasteiger partial charge in [0.15, 0.2) is 0 Å². The molecule has 1 aliphatic carbocycles. The molecule has 0 saturated heterocycles. The van der Waals surface area contributed by atoms with Crippen molar-refractivity contribution < 1.29 is 21.6 Å². The highest BCUT2D eigenvalue weighted by molar-refractivity contribution is 7.89. The minimum absolute atomic E-state index is 0.0508. The number of anilines is 1. The van der Waals surface area contributed by atoms with E-state index in [1.807, 2.05) is 6.92 Å². The summed E-state index contributed by atoms with van der Waals surface area (Å²) in [7, 11) is -4.69. The van der Waals surface area contributed by atoms with Crippen LogP contribution in [0.15, 0.2) is 52.3 Å². The maximum Gasteiger partial charge on any atom is 0.243 e. The molecule has 0 heterocycles. The molecule has 0 radical (unpaired) electrons. The van der Waals surface area contributed by atoms with Crippen LogP contribution in [0.2, 0.25) is 0 Å². The van der Waals surface area contributed by atoms with Crippen molar-refractivity contribution in [3.8, 4) is 0 Å². The largest absolute Gasteiger partial charge is 0.325 e. The molecule has 1 N–H and O–H groups in total. The number of aryl methyl sites for hydroxylation is 2. The van der Waals surface area contributed by atoms with Gasteiger partial charge in [-0.05, 0) is 56.5 Å². The SMILES string of the molecule is Cc1ccc(S(=O)(=O)N(CC(=O)Nc2cc(S(=O)(=O)N(C)C)ccc2C)C2CCCCC2)cc1. The third kappa shape index (κ3) is 5.86. The molecule has 0 atom stereocenters. The predicted molar refractivity (Wildman–Crippen MR) is 133 cm³/mol. The summed E-state index contributed by atoms with van der Waals surface area (Å²) in [6, 6.07) is 10.9. The van der Waals surface area contributed by atoms with Crippen molar-refractivity contribution >= 4 is 31.6 Å². The molecule has 0 aliphatic heterocycles. The van der Waals surface area contributed by atoms with E-state index in [1.54, 1.807) is 37.3 Å². The zero-order chi connectivity index (χ0) is 25.1. The van der Waals surface area contributed by atoms with Gasteiger partial charge >= 0.3 is 0 Å². The van der Waals surface area contributed by atoms with Crippen molar-refractivity contribution in [2.45, 2.75) is 61.8 Å². The van der Waals surface area contributed by atoms with Gasteiger partial charge in [0, 0.05) is 25.8 Å². The third-order valence-electron chi connectivity index (χ3n) is 6.17. The summed E-state index contributed by atoms with van der Waals surface area (Å²) >= 11 is 0. The lowest BCUT2D eigenvalue weighted by molar-refractivity contribution is -0.116. The second-order valence-electron chi connectivity index (χ2n) is 8.97. The molecule has 0 bridgehead atoms. The summed E-state index contributed by atoms with van der Waals surface area (Å²) in [6.07, 6.45) is 4.28. The Labute approximate surface area is 203 Å². The van der Waals surface area contributed by atoms with E-state index in [2.05, 4.69) is 5.32 Å². The van der Waals surface area contributed by atoms with Gasteiger partial charge in [-0.25, -0.2) is 21.1 Å². The van der Waals surface area contributed by atoms with E-state index >= 15 is 0 Å². The van der Waals surface area contributed by atoms with Gasteiger partial charge in [0.2, 0.25) is 26.0 Å². The Bertz CT molecular complexity index is 1230. The molecule has 186 valence electrons. The van der Waals surface area contributed by atoms with Crippen LogP contribution in [-0.2, 0) is 24.8 Å². The molecule has 2 aromatic carbocycles. The van der Waals surface area contributed by atoms with Gasteiger partial charge in [-0.1, -0.05) is 43.0 Å². The Morgan fingerprint density at radius 1 is 0.882 bits per heavy atom. The quantitative estimate of drug-likeness (QED) is 0.589. The summed E-state index contributed by atoms with van der Waals surface area (Å²) in [4.78, 5) is 13.3. The molecule has 34 heavy (non-hydrogen) atoms. The van der Waals surface area contributed by atoms with E-state index in [4.69, 9.17) is 0 Å². The Hall–Kier alpha value is -2.27. The highest BCUT2D eigenvalue weighted by atomic mass is 32.2. The summed E-state index contributed by atoms with van der Waals surface area (Å²) < 4.78 is 54.5. The number of amides is 1. The lowest BCUT2D eigenvalue weighted by atomic mass is 9.95. The van der Waals surface area contributed by atoms with Crippen molar-refractivity contribution in [2.24, 2.45) is 0 Å². The Kier molecular flexibility index (Phi) is 8.18. The number of carbonyl (C=O) groups excluding carboxylic acids is 1. The second kappa shape index (κ2) is 10.6. The standard InChI is InChI=1S/C24H33N3O5S2/c1-18-10-13-21(14-11-18)34(31,32)27(20-8-6-5-7-9-20)17-24(28)25-23-16-22(15-12-19(23)2)33(29,30)26(3)4/h10-16,20H,5-9,17H2,1-4H3,(H,25,28). The van der Waals surface area contributed by atoms with Crippen LogP contribution in [0.5, 0.6) is 0 Å². The van der Waals surface area contributed by atoms with Crippen molar-refractivity contribution in [2.75, 3.05) is 26.0 Å². The smallest absolute Gasteiger partial charge is 0.243 e. The van der Waals surface area contributed by atoms with Crippen molar-refractivity contribution in [3.05, 3.63) is 53.6 Å². The molecule has 10 heteroatoms. The number of hydrogen-bond donors (Lipinski definition) is 1. The Morgan fingerprint density at radius 3 is 2.06 bits per heavy atom. The average molecular weight is 508 g/mol. The molecule has 8 nitrogen and oxygen atoms in total. The summed E-state index contributed by atoms with van der Waals surface area (Å²) in [6.45, 7) is 3.30. The van der Waals surface area contributed by atoms with Crippen molar-refractivity contribution in [1.82, 2.24) is 8.61 Å². The summed E-state index contributed by atoms with van der Waals surface area (Å²) in [5.41, 5.74) is 1.96. The zero-order valence-electron chi connectivity index (χ0n) is 20.1. The highest BCUT2D eigenvalue weighted by Gasteiger charge is 2.34. The molecule has 1 fully saturated rings. The van der Waals surface area contributed by atoms with E-state index < -0.39 is 26.0 Å². The second-order valence-corrected chi connectivity index (χ2v) is 13.0. The van der Waals surface area contributed by atoms with Gasteiger partial charge in [-0.2, -0.15) is 4.31 Å². The van der Waals surface area contributed by atoms with Crippen molar-refractivity contribution in [3.63, 3.8) is 0 Å². The monoisotopic (exact) mass is 507 g/mol. The van der Waals surface area contributed by atoms with E-state index in [9.17, 15) is 21.6 Å². The zero-order valence-corrected chi connectivity index (χ0v) is 21.7. The fraction of sp³-hybridized carbons (Fsp3) is 0.458. The molecular formula is C24H33N3O5S2. The van der Waals surface area contributed by atoms with Gasteiger partial charge in [-0.15, -0.1) is 0 Å². The highest BCUT2D eigenvalue weighted by Crippen LogP contribution is 2.28. The number of nitrogens with one attached hydrogen (secondary N) is 1. The number of carbonyl (C=O) groups is 1. The van der Waals surface area contributed by atoms with Gasteiger partial charge in [0.25, 0.3) is 0 Å². The molecule has 0 spiro atoms. The Morgan fingerprint density at radius 2 is 1.47 bits per heavy atom. The summed E-state index contributed by atoms with van der Waals surface area (Å²) in [5.74, 6) is -0.510. The van der Waals surface area contributed by atoms with Crippen LogP contribution in [0, 0.1) is 13.8 Å². The summed E-state index contributed by atoms with van der Waals surface area (Å²) in [5, 5.41) is 2.74. The first-order chi connectivity index (χ1) is 15.9. The van der Waals surface area contributed by atoms with Crippen LogP contribution in [0.3, 0.4) is 0 Å². The molecule has 2 aromatic rings. The van der Waals surface area contributed by atoms with Gasteiger partial charge < -0.3 is 5.32 Å². The molecule has 0 unspecified atom stereocenters. The number of benzene rings is 2. The number of hydrogen-bond acceptors (Lipinski definition) is 5. The van der Waals surface area contributed by atoms with Crippen LogP contribution in [0.1, 0.15) is 43.2 Å². The molecule has 1 aliphatic rings. The number of nitrogens with zero attached hydrogens (tertiary/aromatic N) is 2. The first kappa shape index (κ1) is 26.3. The lowest BCUT2D eigenvalue weighted by Crippen LogP contribution is -2.45. The minimum atomic E-state index is -3.89. The number of rotatable bonds is 8. The van der Waals surface area contributed by atoms with Gasteiger partial charge in [0.05, 0.1) is 16.3 Å². The van der Waals surface area contributed by atoms with Crippen LogP contribution >= 0.6 is 0 Å². The lowest BCUT2D eigenvalue weighted by Gasteiger charge is -2.33. The van der Waals surface area contributed by atoms with Gasteiger partial charge in [-0.3, -0.25) is 4.79 Å².